The zero-order valence-corrected chi connectivity index (χ0v) is 27.3. The number of rotatable bonds is 8. The molecule has 2 aliphatic carbocycles. The lowest BCUT2D eigenvalue weighted by atomic mass is 9.61. The van der Waals surface area contributed by atoms with E-state index in [4.69, 9.17) is 11.6 Å². The van der Waals surface area contributed by atoms with Crippen molar-refractivity contribution < 1.29 is 21.6 Å². The molecular formula is C36H37ClO5S2. The summed E-state index contributed by atoms with van der Waals surface area (Å²) in [6, 6.07) is 20.7. The molecule has 5 nitrogen and oxygen atoms in total. The monoisotopic (exact) mass is 648 g/mol. The van der Waals surface area contributed by atoms with Crippen molar-refractivity contribution in [2.45, 2.75) is 59.3 Å². The number of fused-ring (bicyclic) bond motifs is 1. The van der Waals surface area contributed by atoms with Crippen LogP contribution in [0.25, 0.3) is 0 Å². The number of carbonyl (C=O) groups is 1. The summed E-state index contributed by atoms with van der Waals surface area (Å²) in [6.45, 7) is 11.4. The van der Waals surface area contributed by atoms with Crippen LogP contribution in [0.5, 0.6) is 0 Å². The Hall–Kier alpha value is -3.26. The zero-order chi connectivity index (χ0) is 31.8. The quantitative estimate of drug-likeness (QED) is 0.234. The van der Waals surface area contributed by atoms with Crippen LogP contribution in [-0.4, -0.2) is 33.1 Å². The molecule has 8 heteroatoms. The molecule has 3 aromatic carbocycles. The normalized spacial score (nSPS) is 26.1. The first kappa shape index (κ1) is 32.1. The molecule has 0 spiro atoms. The summed E-state index contributed by atoms with van der Waals surface area (Å²) in [7, 11) is -7.87. The van der Waals surface area contributed by atoms with Crippen molar-refractivity contribution in [2.24, 2.45) is 17.8 Å². The van der Waals surface area contributed by atoms with Gasteiger partial charge in [0.2, 0.25) is 0 Å². The fourth-order valence-corrected chi connectivity index (χ4v) is 12.0. The first-order valence-corrected chi connectivity index (χ1v) is 18.2. The molecule has 0 amide bonds. The van der Waals surface area contributed by atoms with Crippen LogP contribution in [0.3, 0.4) is 0 Å². The number of halogens is 1. The fraction of sp³-hybridized carbons (Fsp3) is 0.306. The average molecular weight is 649 g/mol. The Balaban J connectivity index is 1.70. The van der Waals surface area contributed by atoms with E-state index in [1.807, 2.05) is 19.1 Å². The molecule has 2 aliphatic rings. The van der Waals surface area contributed by atoms with E-state index in [1.165, 1.54) is 0 Å². The first-order chi connectivity index (χ1) is 20.9. The predicted molar refractivity (Wildman–Crippen MR) is 176 cm³/mol. The highest BCUT2D eigenvalue weighted by Crippen LogP contribution is 2.53. The molecule has 0 saturated heterocycles. The number of aryl methyl sites for hydroxylation is 2. The molecule has 0 heterocycles. The summed E-state index contributed by atoms with van der Waals surface area (Å²) in [5.41, 5.74) is 2.94. The number of allylic oxidation sites excluding steroid dienone is 4. The van der Waals surface area contributed by atoms with Crippen LogP contribution < -0.4 is 0 Å². The number of hydrogen-bond acceptors (Lipinski definition) is 5. The molecule has 44 heavy (non-hydrogen) atoms. The Morgan fingerprint density at radius 1 is 0.841 bits per heavy atom. The topological polar surface area (TPSA) is 85.3 Å². The van der Waals surface area contributed by atoms with E-state index in [0.29, 0.717) is 16.2 Å². The third-order valence-corrected chi connectivity index (χ3v) is 14.4. The highest BCUT2D eigenvalue weighted by Gasteiger charge is 2.56. The van der Waals surface area contributed by atoms with Crippen molar-refractivity contribution in [1.29, 1.82) is 0 Å². The second-order valence-electron chi connectivity index (χ2n) is 12.0. The number of sulfone groups is 2. The molecule has 0 radical (unpaired) electrons. The lowest BCUT2D eigenvalue weighted by Gasteiger charge is -2.49. The number of carbonyl (C=O) groups excluding carboxylic acids is 1. The van der Waals surface area contributed by atoms with Crippen LogP contribution in [0.1, 0.15) is 41.9 Å². The SMILES string of the molecule is C=C/C=C(\C=C)[C@@H]1CC(=O)[C@@H]2CC(S(=O)(=O)c3ccccc3C)[C@H](c3ccc(Cl)cc3)C[C@@H]2C1S(=O)(=O)c1ccc(C)cc1. The number of ketones is 1. The molecule has 6 atom stereocenters. The second-order valence-corrected chi connectivity index (χ2v) is 16.6. The van der Waals surface area contributed by atoms with Gasteiger partial charge in [0.05, 0.1) is 20.3 Å². The molecule has 0 N–H and O–H groups in total. The van der Waals surface area contributed by atoms with Gasteiger partial charge >= 0.3 is 0 Å². The lowest BCUT2D eigenvalue weighted by Crippen LogP contribution is -2.54. The Morgan fingerprint density at radius 3 is 2.11 bits per heavy atom. The predicted octanol–water partition coefficient (Wildman–Crippen LogP) is 7.64. The van der Waals surface area contributed by atoms with Crippen LogP contribution in [0.2, 0.25) is 5.02 Å². The lowest BCUT2D eigenvalue weighted by molar-refractivity contribution is -0.129. The summed E-state index contributed by atoms with van der Waals surface area (Å²) >= 11 is 6.22. The van der Waals surface area contributed by atoms with Crippen LogP contribution in [0.15, 0.2) is 120 Å². The standard InChI is InChI=1S/C36H37ClO5S2/c1-5-9-25(6-2)30-21-33(38)31-22-35(44(41,42)34-11-8-7-10-24(34)4)29(26-14-16-27(37)17-15-26)20-32(31)36(30)43(39,40)28-18-12-23(3)13-19-28/h5-19,29-32,35-36H,1-2,20-22H2,3-4H3/b25-9+/t29-,30-,31+,32-,35?,36?/m0/s1. The third kappa shape index (κ3) is 5.90. The van der Waals surface area contributed by atoms with Crippen molar-refractivity contribution in [3.63, 3.8) is 0 Å². The van der Waals surface area contributed by atoms with Crippen molar-refractivity contribution in [3.05, 3.63) is 131 Å². The van der Waals surface area contributed by atoms with E-state index < -0.39 is 53.8 Å². The number of benzene rings is 3. The summed E-state index contributed by atoms with van der Waals surface area (Å²) in [4.78, 5) is 14.4. The largest absolute Gasteiger partial charge is 0.299 e. The van der Waals surface area contributed by atoms with E-state index in [0.717, 1.165) is 11.1 Å². The minimum Gasteiger partial charge on any atom is -0.299 e. The average Bonchev–Trinajstić information content (AvgIpc) is 2.99. The van der Waals surface area contributed by atoms with Gasteiger partial charge < -0.3 is 0 Å². The first-order valence-electron chi connectivity index (χ1n) is 14.7. The summed E-state index contributed by atoms with van der Waals surface area (Å²) < 4.78 is 58.0. The molecule has 0 aromatic heterocycles. The van der Waals surface area contributed by atoms with E-state index in [1.54, 1.807) is 85.8 Å². The van der Waals surface area contributed by atoms with Gasteiger partial charge in [0.15, 0.2) is 19.7 Å². The van der Waals surface area contributed by atoms with Gasteiger partial charge in [-0.1, -0.05) is 91.0 Å². The number of hydrogen-bond donors (Lipinski definition) is 0. The van der Waals surface area contributed by atoms with Crippen LogP contribution >= 0.6 is 11.6 Å². The Kier molecular flexibility index (Phi) is 9.22. The molecule has 230 valence electrons. The summed E-state index contributed by atoms with van der Waals surface area (Å²) in [6.07, 6.45) is 5.11. The van der Waals surface area contributed by atoms with Gasteiger partial charge in [-0.05, 0) is 79.6 Å². The maximum atomic E-state index is 14.6. The Morgan fingerprint density at radius 2 is 1.50 bits per heavy atom. The van der Waals surface area contributed by atoms with Gasteiger partial charge in [0, 0.05) is 29.2 Å². The minimum atomic E-state index is -3.97. The van der Waals surface area contributed by atoms with Crippen molar-refractivity contribution in [1.82, 2.24) is 0 Å². The molecule has 2 fully saturated rings. The Labute approximate surface area is 266 Å². The highest BCUT2D eigenvalue weighted by atomic mass is 35.5. The third-order valence-electron chi connectivity index (χ3n) is 9.41. The van der Waals surface area contributed by atoms with Gasteiger partial charge in [-0.15, -0.1) is 0 Å². The van der Waals surface area contributed by atoms with Gasteiger partial charge in [-0.25, -0.2) is 16.8 Å². The maximum Gasteiger partial charge on any atom is 0.182 e. The van der Waals surface area contributed by atoms with E-state index in [2.05, 4.69) is 13.2 Å². The van der Waals surface area contributed by atoms with E-state index in [9.17, 15) is 21.6 Å². The molecular weight excluding hydrogens is 612 g/mol. The summed E-state index contributed by atoms with van der Waals surface area (Å²) in [5.74, 6) is -2.69. The molecule has 0 aliphatic heterocycles. The maximum absolute atomic E-state index is 14.6. The summed E-state index contributed by atoms with van der Waals surface area (Å²) in [5, 5.41) is -1.37. The molecule has 5 rings (SSSR count). The molecule has 3 aromatic rings. The van der Waals surface area contributed by atoms with Crippen LogP contribution in [-0.2, 0) is 24.5 Å². The Bertz CT molecular complexity index is 1820. The molecule has 2 unspecified atom stereocenters. The molecule has 2 saturated carbocycles. The molecule has 0 bridgehead atoms. The van der Waals surface area contributed by atoms with Crippen molar-refractivity contribution >= 4 is 37.1 Å². The van der Waals surface area contributed by atoms with Crippen molar-refractivity contribution in [2.75, 3.05) is 0 Å². The fourth-order valence-electron chi connectivity index (χ4n) is 7.28. The number of Topliss-reactive ketones (excluding diaryl/α,β-unsaturated/α-hetero) is 1. The minimum absolute atomic E-state index is 0.0225. The van der Waals surface area contributed by atoms with E-state index in [-0.39, 0.29) is 34.8 Å². The van der Waals surface area contributed by atoms with E-state index >= 15 is 0 Å². The second kappa shape index (κ2) is 12.6. The highest BCUT2D eigenvalue weighted by molar-refractivity contribution is 7.92. The van der Waals surface area contributed by atoms with Gasteiger partial charge in [-0.2, -0.15) is 0 Å². The van der Waals surface area contributed by atoms with Crippen molar-refractivity contribution in [3.8, 4) is 0 Å². The van der Waals surface area contributed by atoms with Crippen LogP contribution in [0.4, 0.5) is 0 Å². The zero-order valence-electron chi connectivity index (χ0n) is 24.9. The van der Waals surface area contributed by atoms with Gasteiger partial charge in [0.25, 0.3) is 0 Å². The van der Waals surface area contributed by atoms with Gasteiger partial charge in [0.1, 0.15) is 5.78 Å². The van der Waals surface area contributed by atoms with Crippen LogP contribution in [0, 0.1) is 31.6 Å². The van der Waals surface area contributed by atoms with Gasteiger partial charge in [-0.3, -0.25) is 4.79 Å². The smallest absolute Gasteiger partial charge is 0.182 e.